The van der Waals surface area contributed by atoms with Crippen LogP contribution >= 0.6 is 0 Å². The molecule has 0 fully saturated rings. The number of nitrogens with two attached hydrogens (primary N) is 1. The highest BCUT2D eigenvalue weighted by molar-refractivity contribution is 5.68. The highest BCUT2D eigenvalue weighted by Gasteiger charge is 2.12. The first-order valence-corrected chi connectivity index (χ1v) is 5.21. The summed E-state index contributed by atoms with van der Waals surface area (Å²) in [6.07, 6.45) is 1.14. The van der Waals surface area contributed by atoms with Crippen LogP contribution in [0.1, 0.15) is 0 Å². The zero-order chi connectivity index (χ0) is 12.7. The third-order valence-electron chi connectivity index (χ3n) is 2.54. The number of halogens is 2. The third kappa shape index (κ3) is 1.58. The monoisotopic (exact) mass is 246 g/mol. The van der Waals surface area contributed by atoms with Crippen LogP contribution in [-0.4, -0.2) is 14.6 Å². The van der Waals surface area contributed by atoms with E-state index in [9.17, 15) is 8.78 Å². The average Bonchev–Trinajstić information content (AvgIpc) is 2.73. The van der Waals surface area contributed by atoms with Crippen molar-refractivity contribution in [3.63, 3.8) is 0 Å². The molecule has 0 bridgehead atoms. The lowest BCUT2D eigenvalue weighted by molar-refractivity contribution is 0.615. The van der Waals surface area contributed by atoms with Crippen LogP contribution in [-0.2, 0) is 0 Å². The van der Waals surface area contributed by atoms with Crippen molar-refractivity contribution in [2.45, 2.75) is 0 Å². The predicted octanol–water partition coefficient (Wildman–Crippen LogP) is 2.26. The molecule has 2 heterocycles. The van der Waals surface area contributed by atoms with Gasteiger partial charge in [-0.2, -0.15) is 0 Å². The molecule has 2 aromatic heterocycles. The van der Waals surface area contributed by atoms with E-state index in [0.29, 0.717) is 5.65 Å². The van der Waals surface area contributed by atoms with Gasteiger partial charge in [-0.15, -0.1) is 5.10 Å². The van der Waals surface area contributed by atoms with Crippen molar-refractivity contribution in [2.24, 2.45) is 0 Å². The van der Waals surface area contributed by atoms with Gasteiger partial charge in [0.05, 0.1) is 17.4 Å². The number of rotatable bonds is 1. The highest BCUT2D eigenvalue weighted by atomic mass is 19.1. The lowest BCUT2D eigenvalue weighted by Gasteiger charge is -1.95. The summed E-state index contributed by atoms with van der Waals surface area (Å²) in [4.78, 5) is 4.10. The SMILES string of the molecule is Nc1cc(F)cn2nc(-c3ccccc3F)nc12. The van der Waals surface area contributed by atoms with Crippen molar-refractivity contribution in [1.82, 2.24) is 14.6 Å². The average molecular weight is 246 g/mol. The predicted molar refractivity (Wildman–Crippen MR) is 62.8 cm³/mol. The first-order valence-electron chi connectivity index (χ1n) is 5.21. The quantitative estimate of drug-likeness (QED) is 0.716. The maximum atomic E-state index is 13.6. The van der Waals surface area contributed by atoms with Gasteiger partial charge >= 0.3 is 0 Å². The van der Waals surface area contributed by atoms with Crippen molar-refractivity contribution >= 4 is 11.3 Å². The molecular formula is C12H8F2N4. The van der Waals surface area contributed by atoms with E-state index in [1.54, 1.807) is 18.2 Å². The van der Waals surface area contributed by atoms with E-state index in [4.69, 9.17) is 5.73 Å². The van der Waals surface area contributed by atoms with E-state index in [2.05, 4.69) is 10.1 Å². The largest absolute Gasteiger partial charge is 0.396 e. The number of aromatic nitrogens is 3. The second-order valence-electron chi connectivity index (χ2n) is 3.80. The molecular weight excluding hydrogens is 238 g/mol. The van der Waals surface area contributed by atoms with E-state index in [1.807, 2.05) is 0 Å². The number of anilines is 1. The molecule has 0 amide bonds. The number of hydrogen-bond acceptors (Lipinski definition) is 3. The standard InChI is InChI=1S/C12H8F2N4/c13-7-5-10(15)12-16-11(17-18(12)6-7)8-3-1-2-4-9(8)14/h1-6H,15H2. The Balaban J connectivity index is 2.26. The third-order valence-corrected chi connectivity index (χ3v) is 2.54. The molecule has 90 valence electrons. The Morgan fingerprint density at radius 2 is 1.94 bits per heavy atom. The second kappa shape index (κ2) is 3.76. The van der Waals surface area contributed by atoms with Crippen molar-refractivity contribution < 1.29 is 8.78 Å². The van der Waals surface area contributed by atoms with E-state index >= 15 is 0 Å². The Bertz CT molecular complexity index is 736. The summed E-state index contributed by atoms with van der Waals surface area (Å²) >= 11 is 0. The lowest BCUT2D eigenvalue weighted by atomic mass is 10.2. The van der Waals surface area contributed by atoms with Crippen LogP contribution in [0, 0.1) is 11.6 Å². The molecule has 0 aliphatic rings. The molecule has 1 aromatic carbocycles. The molecule has 4 nitrogen and oxygen atoms in total. The highest BCUT2D eigenvalue weighted by Crippen LogP contribution is 2.21. The molecule has 18 heavy (non-hydrogen) atoms. The summed E-state index contributed by atoms with van der Waals surface area (Å²) in [6.45, 7) is 0. The fourth-order valence-electron chi connectivity index (χ4n) is 1.73. The molecule has 2 N–H and O–H groups in total. The Morgan fingerprint density at radius 1 is 1.17 bits per heavy atom. The maximum Gasteiger partial charge on any atom is 0.185 e. The van der Waals surface area contributed by atoms with Gasteiger partial charge in [0.25, 0.3) is 0 Å². The molecule has 0 aliphatic heterocycles. The Hall–Kier alpha value is -2.50. The molecule has 3 aromatic rings. The Morgan fingerprint density at radius 3 is 2.72 bits per heavy atom. The first kappa shape index (κ1) is 10.6. The number of hydrogen-bond donors (Lipinski definition) is 1. The molecule has 3 rings (SSSR count). The fraction of sp³-hybridized carbons (Fsp3) is 0. The molecule has 0 spiro atoms. The van der Waals surface area contributed by atoms with Crippen molar-refractivity contribution in [3.8, 4) is 11.4 Å². The molecule has 0 aliphatic carbocycles. The maximum absolute atomic E-state index is 13.6. The van der Waals surface area contributed by atoms with Gasteiger partial charge < -0.3 is 5.73 Å². The molecule has 0 radical (unpaired) electrons. The van der Waals surface area contributed by atoms with Crippen molar-refractivity contribution in [1.29, 1.82) is 0 Å². The van der Waals surface area contributed by atoms with Gasteiger partial charge in [0, 0.05) is 6.07 Å². The number of fused-ring (bicyclic) bond motifs is 1. The van der Waals surface area contributed by atoms with E-state index in [0.717, 1.165) is 12.3 Å². The van der Waals surface area contributed by atoms with Gasteiger partial charge in [-0.25, -0.2) is 18.3 Å². The van der Waals surface area contributed by atoms with Crippen molar-refractivity contribution in [3.05, 3.63) is 48.2 Å². The zero-order valence-corrected chi connectivity index (χ0v) is 9.14. The molecule has 0 unspecified atom stereocenters. The van der Waals surface area contributed by atoms with Gasteiger partial charge in [-0.1, -0.05) is 12.1 Å². The first-order chi connectivity index (χ1) is 8.65. The smallest absolute Gasteiger partial charge is 0.185 e. The van der Waals surface area contributed by atoms with Crippen LogP contribution in [0.5, 0.6) is 0 Å². The van der Waals surface area contributed by atoms with Crippen LogP contribution in [0.25, 0.3) is 17.0 Å². The fourth-order valence-corrected chi connectivity index (χ4v) is 1.73. The van der Waals surface area contributed by atoms with Gasteiger partial charge in [0.2, 0.25) is 0 Å². The van der Waals surface area contributed by atoms with Crippen LogP contribution in [0.2, 0.25) is 0 Å². The molecule has 0 saturated heterocycles. The van der Waals surface area contributed by atoms with Gasteiger partial charge in [-0.05, 0) is 12.1 Å². The molecule has 0 atom stereocenters. The van der Waals surface area contributed by atoms with E-state index < -0.39 is 11.6 Å². The number of nitrogen functional groups attached to an aromatic ring is 1. The summed E-state index contributed by atoms with van der Waals surface area (Å²) in [5, 5.41) is 4.01. The molecule has 0 saturated carbocycles. The minimum absolute atomic E-state index is 0.157. The lowest BCUT2D eigenvalue weighted by Crippen LogP contribution is -1.95. The van der Waals surface area contributed by atoms with Crippen LogP contribution in [0.15, 0.2) is 36.5 Å². The number of pyridine rings is 1. The van der Waals surface area contributed by atoms with Crippen LogP contribution in [0.3, 0.4) is 0 Å². The van der Waals surface area contributed by atoms with Crippen LogP contribution < -0.4 is 5.73 Å². The zero-order valence-electron chi connectivity index (χ0n) is 9.14. The number of benzene rings is 1. The summed E-state index contributed by atoms with van der Waals surface area (Å²) in [7, 11) is 0. The minimum atomic E-state index is -0.523. The summed E-state index contributed by atoms with van der Waals surface area (Å²) in [6, 6.07) is 7.26. The minimum Gasteiger partial charge on any atom is -0.396 e. The summed E-state index contributed by atoms with van der Waals surface area (Å²) in [5.41, 5.74) is 6.34. The van der Waals surface area contributed by atoms with Gasteiger partial charge in [-0.3, -0.25) is 0 Å². The Labute approximate surface area is 101 Å². The van der Waals surface area contributed by atoms with Crippen molar-refractivity contribution in [2.75, 3.05) is 5.73 Å². The van der Waals surface area contributed by atoms with Crippen LogP contribution in [0.4, 0.5) is 14.5 Å². The second-order valence-corrected chi connectivity index (χ2v) is 3.80. The normalized spacial score (nSPS) is 11.0. The van der Waals surface area contributed by atoms with E-state index in [1.165, 1.54) is 10.6 Å². The topological polar surface area (TPSA) is 56.2 Å². The Kier molecular flexibility index (Phi) is 2.22. The molecule has 6 heteroatoms. The van der Waals surface area contributed by atoms with Gasteiger partial charge in [0.15, 0.2) is 11.5 Å². The van der Waals surface area contributed by atoms with Gasteiger partial charge in [0.1, 0.15) is 11.6 Å². The summed E-state index contributed by atoms with van der Waals surface area (Å²) in [5.74, 6) is -0.789. The van der Waals surface area contributed by atoms with E-state index in [-0.39, 0.29) is 17.1 Å². The number of nitrogens with zero attached hydrogens (tertiary/aromatic N) is 3. The summed E-state index contributed by atoms with van der Waals surface area (Å²) < 4.78 is 27.9.